The third-order valence-corrected chi connectivity index (χ3v) is 6.25. The number of anilines is 2. The van der Waals surface area contributed by atoms with E-state index in [9.17, 15) is 22.8 Å². The Balaban J connectivity index is 0.000000917. The number of carbonyl (C=O) groups excluding carboxylic acids is 2. The van der Waals surface area contributed by atoms with Crippen LogP contribution in [0.5, 0.6) is 0 Å². The molecule has 10 nitrogen and oxygen atoms in total. The number of carbonyl (C=O) groups is 3. The van der Waals surface area contributed by atoms with Crippen LogP contribution < -0.4 is 15.5 Å². The highest BCUT2D eigenvalue weighted by atomic mass is 35.5. The monoisotopic (exact) mass is 530 g/mol. The Morgan fingerprint density at radius 1 is 1.26 bits per heavy atom. The Morgan fingerprint density at radius 3 is 2.51 bits per heavy atom. The van der Waals surface area contributed by atoms with Gasteiger partial charge in [-0.15, -0.1) is 0 Å². The van der Waals surface area contributed by atoms with E-state index in [4.69, 9.17) is 33.1 Å². The summed E-state index contributed by atoms with van der Waals surface area (Å²) in [6.07, 6.45) is -3.60. The van der Waals surface area contributed by atoms with E-state index in [0.29, 0.717) is 10.4 Å². The lowest BCUT2D eigenvalue weighted by Gasteiger charge is -2.41. The van der Waals surface area contributed by atoms with Crippen molar-refractivity contribution in [2.75, 3.05) is 23.3 Å². The van der Waals surface area contributed by atoms with E-state index in [1.807, 2.05) is 5.32 Å². The second-order valence-corrected chi connectivity index (χ2v) is 8.39. The molecular weight excluding hydrogens is 516 g/mol. The molecule has 35 heavy (non-hydrogen) atoms. The third-order valence-electron chi connectivity index (χ3n) is 5.53. The number of nitrogens with one attached hydrogen (secondary N) is 2. The maximum absolute atomic E-state index is 14.4. The van der Waals surface area contributed by atoms with Crippen molar-refractivity contribution in [2.24, 2.45) is 5.92 Å². The molecule has 0 radical (unpaired) electrons. The summed E-state index contributed by atoms with van der Waals surface area (Å²) in [6.45, 7) is 0.0781. The van der Waals surface area contributed by atoms with E-state index in [1.165, 1.54) is 12.1 Å². The maximum Gasteiger partial charge on any atom is 0.440 e. The van der Waals surface area contributed by atoms with Crippen molar-refractivity contribution in [1.82, 2.24) is 19.9 Å². The fraction of sp³-hybridized carbons (Fsp3) is 0.250. The molecule has 5 rings (SSSR count). The lowest BCUT2D eigenvalue weighted by molar-refractivity contribution is -0.218. The van der Waals surface area contributed by atoms with Crippen LogP contribution in [0.3, 0.4) is 0 Å². The Bertz CT molecular complexity index is 1310. The topological polar surface area (TPSA) is 129 Å². The van der Waals surface area contributed by atoms with Crippen LogP contribution >= 0.6 is 23.2 Å². The minimum atomic E-state index is -5.18. The molecule has 2 aliphatic heterocycles. The van der Waals surface area contributed by atoms with Crippen molar-refractivity contribution in [1.29, 1.82) is 0 Å². The predicted octanol–water partition coefficient (Wildman–Crippen LogP) is 2.86. The molecule has 4 heterocycles. The van der Waals surface area contributed by atoms with Crippen molar-refractivity contribution >= 4 is 64.3 Å². The van der Waals surface area contributed by atoms with Crippen LogP contribution in [-0.2, 0) is 20.0 Å². The molecule has 0 aliphatic carbocycles. The van der Waals surface area contributed by atoms with Crippen LogP contribution in [0.1, 0.15) is 0 Å². The second kappa shape index (κ2) is 8.89. The first-order valence-electron chi connectivity index (χ1n) is 9.85. The Morgan fingerprint density at radius 2 is 1.91 bits per heavy atom. The number of hydrogen-bond acceptors (Lipinski definition) is 6. The Hall–Kier alpha value is -3.58. The Labute approximate surface area is 204 Å². The number of nitrogens with zero attached hydrogens (tertiary/aromatic N) is 4. The van der Waals surface area contributed by atoms with E-state index in [-0.39, 0.29) is 46.6 Å². The van der Waals surface area contributed by atoms with Crippen LogP contribution in [-0.4, -0.2) is 57.2 Å². The minimum absolute atomic E-state index is 0.0198. The first-order chi connectivity index (χ1) is 16.5. The van der Waals surface area contributed by atoms with Gasteiger partial charge in [0.05, 0.1) is 27.0 Å². The molecule has 1 fully saturated rings. The summed E-state index contributed by atoms with van der Waals surface area (Å²) in [4.78, 5) is 43.7. The molecule has 15 heteroatoms. The number of pyridine rings is 1. The lowest BCUT2D eigenvalue weighted by atomic mass is 9.97. The number of hydrogen-bond donors (Lipinski definition) is 3. The summed E-state index contributed by atoms with van der Waals surface area (Å²) in [7, 11) is 0. The third kappa shape index (κ3) is 4.00. The molecule has 2 aromatic heterocycles. The largest absolute Gasteiger partial charge is 0.483 e. The summed E-state index contributed by atoms with van der Waals surface area (Å²) in [5.41, 5.74) is -3.40. The average molecular weight is 531 g/mol. The molecule has 2 aliphatic rings. The maximum atomic E-state index is 14.4. The summed E-state index contributed by atoms with van der Waals surface area (Å²) in [5.74, 6) is -2.91. The number of benzene rings is 1. The van der Waals surface area contributed by atoms with Crippen LogP contribution in [0.15, 0.2) is 36.5 Å². The lowest BCUT2D eigenvalue weighted by Crippen LogP contribution is -2.66. The number of alkyl halides is 3. The zero-order valence-corrected chi connectivity index (χ0v) is 18.9. The van der Waals surface area contributed by atoms with Gasteiger partial charge < -0.3 is 15.3 Å². The molecule has 0 spiro atoms. The second-order valence-electron chi connectivity index (χ2n) is 7.57. The van der Waals surface area contributed by atoms with Gasteiger partial charge in [0.1, 0.15) is 5.82 Å². The molecule has 0 saturated carbocycles. The van der Waals surface area contributed by atoms with Crippen molar-refractivity contribution in [2.45, 2.75) is 11.8 Å². The highest BCUT2D eigenvalue weighted by Gasteiger charge is 2.68. The van der Waals surface area contributed by atoms with Gasteiger partial charge >= 0.3 is 6.18 Å². The van der Waals surface area contributed by atoms with E-state index < -0.39 is 29.6 Å². The van der Waals surface area contributed by atoms with Crippen molar-refractivity contribution < 1.29 is 32.7 Å². The molecule has 2 amide bonds. The molecule has 184 valence electrons. The van der Waals surface area contributed by atoms with Gasteiger partial charge in [-0.1, -0.05) is 29.3 Å². The van der Waals surface area contributed by atoms with Crippen molar-refractivity contribution in [3.05, 3.63) is 46.6 Å². The van der Waals surface area contributed by atoms with Gasteiger partial charge in [-0.3, -0.25) is 24.3 Å². The number of halogens is 5. The number of carboxylic acid groups (broad SMARTS) is 1. The van der Waals surface area contributed by atoms with Crippen molar-refractivity contribution in [3.8, 4) is 0 Å². The van der Waals surface area contributed by atoms with E-state index in [0.717, 1.165) is 0 Å². The van der Waals surface area contributed by atoms with Crippen LogP contribution in [0.2, 0.25) is 10.0 Å². The zero-order valence-electron chi connectivity index (χ0n) is 17.4. The van der Waals surface area contributed by atoms with Crippen LogP contribution in [0, 0.1) is 5.92 Å². The number of amides is 2. The summed E-state index contributed by atoms with van der Waals surface area (Å²) >= 11 is 11.9. The molecule has 1 saturated heterocycles. The normalized spacial score (nSPS) is 19.3. The van der Waals surface area contributed by atoms with Gasteiger partial charge in [0.15, 0.2) is 0 Å². The van der Waals surface area contributed by atoms with E-state index in [1.54, 1.807) is 29.3 Å². The van der Waals surface area contributed by atoms with Crippen molar-refractivity contribution in [3.63, 3.8) is 0 Å². The van der Waals surface area contributed by atoms with Gasteiger partial charge in [-0.2, -0.15) is 13.2 Å². The summed E-state index contributed by atoms with van der Waals surface area (Å²) < 4.78 is 43.9. The van der Waals surface area contributed by atoms with E-state index >= 15 is 0 Å². The first kappa shape index (κ1) is 24.5. The molecule has 1 aromatic carbocycles. The molecule has 1 unspecified atom stereocenters. The Kier molecular flexibility index (Phi) is 6.23. The number of imidazole rings is 1. The molecule has 1 atom stereocenters. The van der Waals surface area contributed by atoms with E-state index in [2.05, 4.69) is 15.3 Å². The smallest absolute Gasteiger partial charge is 0.440 e. The number of rotatable bonds is 3. The standard InChI is InChI=1S/C19H13Cl2F3N6O2.CH2O2/c20-10-5-12-13(6-11(10)21)30-17(26-12)27-16(32)18(30,19(22,23)24)28-15(31)9-7-29(8-9)14-3-1-2-4-25-14;2-1-3/h1-6,9H,7-8H2,(H,28,31)(H,26,27,32);1H,(H,2,3). The van der Waals surface area contributed by atoms with Gasteiger partial charge in [0.2, 0.25) is 11.9 Å². The summed E-state index contributed by atoms with van der Waals surface area (Å²) in [5, 5.41) is 11.0. The predicted molar refractivity (Wildman–Crippen MR) is 119 cm³/mol. The van der Waals surface area contributed by atoms with Gasteiger partial charge in [-0.05, 0) is 24.3 Å². The van der Waals surface area contributed by atoms with Gasteiger partial charge in [0, 0.05) is 19.3 Å². The van der Waals surface area contributed by atoms with Crippen LogP contribution in [0.25, 0.3) is 11.0 Å². The zero-order chi connectivity index (χ0) is 25.5. The molecule has 0 bridgehead atoms. The highest BCUT2D eigenvalue weighted by Crippen LogP contribution is 2.45. The van der Waals surface area contributed by atoms with Gasteiger partial charge in [-0.25, -0.2) is 9.97 Å². The minimum Gasteiger partial charge on any atom is -0.483 e. The average Bonchev–Trinajstić information content (AvgIpc) is 3.22. The van der Waals surface area contributed by atoms with Gasteiger partial charge in [0.25, 0.3) is 18.0 Å². The molecule has 3 aromatic rings. The summed E-state index contributed by atoms with van der Waals surface area (Å²) in [6, 6.07) is 7.69. The molecule has 3 N–H and O–H groups in total. The fourth-order valence-electron chi connectivity index (χ4n) is 3.88. The highest BCUT2D eigenvalue weighted by molar-refractivity contribution is 6.42. The number of aromatic nitrogens is 3. The number of fused-ring (bicyclic) bond motifs is 3. The quantitative estimate of drug-likeness (QED) is 0.444. The molecular formula is C20H15Cl2F3N6O4. The SMILES string of the molecule is O=C(NC1(C(F)(F)F)C(=O)Nc2nc3cc(Cl)c(Cl)cc3n21)C1CN(c2ccccn2)C1.O=CO. The van der Waals surface area contributed by atoms with Crippen LogP contribution in [0.4, 0.5) is 24.9 Å². The fourth-order valence-corrected chi connectivity index (χ4v) is 4.20. The first-order valence-corrected chi connectivity index (χ1v) is 10.6.